The molecule has 0 aromatic heterocycles. The van der Waals surface area contributed by atoms with Crippen LogP contribution in [0.4, 0.5) is 0 Å². The molecule has 2 fully saturated rings. The highest BCUT2D eigenvalue weighted by Crippen LogP contribution is 2.16. The first kappa shape index (κ1) is 10.9. The smallest absolute Gasteiger partial charge is 0.224 e. The Kier molecular flexibility index (Phi) is 3.59. The Balaban J connectivity index is 1.76. The minimum Gasteiger partial charge on any atom is -0.380 e. The molecular formula is C11H20N2O2. The molecule has 0 aromatic carbocycles. The minimum atomic E-state index is 0.255. The molecule has 0 bridgehead atoms. The van der Waals surface area contributed by atoms with Crippen molar-refractivity contribution >= 4 is 5.91 Å². The molecule has 0 aliphatic carbocycles. The third kappa shape index (κ3) is 2.69. The van der Waals surface area contributed by atoms with E-state index in [0.29, 0.717) is 12.5 Å². The molecule has 86 valence electrons. The number of carbonyl (C=O) groups is 1. The molecule has 2 unspecified atom stereocenters. The van der Waals surface area contributed by atoms with Crippen molar-refractivity contribution in [1.29, 1.82) is 0 Å². The van der Waals surface area contributed by atoms with Gasteiger partial charge in [0.2, 0.25) is 5.91 Å². The number of carbonyl (C=O) groups excluding carboxylic acids is 1. The highest BCUT2D eigenvalue weighted by Gasteiger charge is 2.28. The molecule has 2 atom stereocenters. The Morgan fingerprint density at radius 1 is 1.53 bits per heavy atom. The van der Waals surface area contributed by atoms with Gasteiger partial charge < -0.3 is 15.0 Å². The number of hydrogen-bond donors (Lipinski definition) is 1. The number of nitrogens with zero attached hydrogens (tertiary/aromatic N) is 1. The highest BCUT2D eigenvalue weighted by molar-refractivity contribution is 5.77. The van der Waals surface area contributed by atoms with E-state index in [4.69, 9.17) is 4.74 Å². The van der Waals surface area contributed by atoms with Crippen LogP contribution in [-0.2, 0) is 9.53 Å². The van der Waals surface area contributed by atoms with E-state index < -0.39 is 0 Å². The van der Waals surface area contributed by atoms with E-state index in [1.807, 2.05) is 4.90 Å². The predicted octanol–water partition coefficient (Wildman–Crippen LogP) is 0.376. The van der Waals surface area contributed by atoms with Gasteiger partial charge in [-0.15, -0.1) is 0 Å². The van der Waals surface area contributed by atoms with Gasteiger partial charge in [-0.25, -0.2) is 0 Å². The lowest BCUT2D eigenvalue weighted by Crippen LogP contribution is -2.35. The van der Waals surface area contributed by atoms with Crippen molar-refractivity contribution in [3.63, 3.8) is 0 Å². The van der Waals surface area contributed by atoms with Crippen LogP contribution in [0.1, 0.15) is 25.7 Å². The van der Waals surface area contributed by atoms with Crippen molar-refractivity contribution < 1.29 is 9.53 Å². The van der Waals surface area contributed by atoms with Gasteiger partial charge in [0, 0.05) is 32.7 Å². The molecule has 4 heteroatoms. The fourth-order valence-corrected chi connectivity index (χ4v) is 2.42. The molecule has 2 heterocycles. The summed E-state index contributed by atoms with van der Waals surface area (Å²) in [4.78, 5) is 13.8. The lowest BCUT2D eigenvalue weighted by atomic mass is 10.1. The summed E-state index contributed by atoms with van der Waals surface area (Å²) in [6.07, 6.45) is 4.26. The standard InChI is InChI=1S/C11H20N2O2/c1-15-10-4-6-13(8-10)11(14)7-9-3-2-5-12-9/h9-10,12H,2-8H2,1H3. The first-order valence-electron chi connectivity index (χ1n) is 5.83. The summed E-state index contributed by atoms with van der Waals surface area (Å²) in [5, 5.41) is 3.36. The number of hydrogen-bond acceptors (Lipinski definition) is 3. The van der Waals surface area contributed by atoms with Crippen molar-refractivity contribution in [3.8, 4) is 0 Å². The number of ether oxygens (including phenoxy) is 1. The first-order valence-corrected chi connectivity index (χ1v) is 5.83. The third-order valence-corrected chi connectivity index (χ3v) is 3.41. The molecule has 1 N–H and O–H groups in total. The van der Waals surface area contributed by atoms with Crippen LogP contribution in [0.3, 0.4) is 0 Å². The van der Waals surface area contributed by atoms with Crippen LogP contribution < -0.4 is 5.32 Å². The zero-order valence-electron chi connectivity index (χ0n) is 9.37. The Morgan fingerprint density at radius 2 is 2.40 bits per heavy atom. The Labute approximate surface area is 91.0 Å². The average Bonchev–Trinajstić information content (AvgIpc) is 2.86. The molecule has 2 rings (SSSR count). The van der Waals surface area contributed by atoms with E-state index in [0.717, 1.165) is 32.5 Å². The lowest BCUT2D eigenvalue weighted by molar-refractivity contribution is -0.131. The summed E-state index contributed by atoms with van der Waals surface area (Å²) >= 11 is 0. The highest BCUT2D eigenvalue weighted by atomic mass is 16.5. The molecule has 0 saturated carbocycles. The maximum atomic E-state index is 11.9. The lowest BCUT2D eigenvalue weighted by Gasteiger charge is -2.18. The summed E-state index contributed by atoms with van der Waals surface area (Å²) < 4.78 is 5.25. The SMILES string of the molecule is COC1CCN(C(=O)CC2CCCN2)C1. The molecule has 2 saturated heterocycles. The summed E-state index contributed by atoms with van der Waals surface area (Å²) in [7, 11) is 1.72. The van der Waals surface area contributed by atoms with Crippen LogP contribution in [0.25, 0.3) is 0 Å². The molecule has 2 aliphatic rings. The van der Waals surface area contributed by atoms with Gasteiger partial charge in [0.1, 0.15) is 0 Å². The predicted molar refractivity (Wildman–Crippen MR) is 57.6 cm³/mol. The number of amides is 1. The number of likely N-dealkylation sites (tertiary alicyclic amines) is 1. The van der Waals surface area contributed by atoms with Gasteiger partial charge in [0.05, 0.1) is 6.10 Å². The van der Waals surface area contributed by atoms with E-state index in [1.165, 1.54) is 6.42 Å². The maximum absolute atomic E-state index is 11.9. The first-order chi connectivity index (χ1) is 7.29. The zero-order chi connectivity index (χ0) is 10.7. The molecule has 1 amide bonds. The van der Waals surface area contributed by atoms with Crippen molar-refractivity contribution in [1.82, 2.24) is 10.2 Å². The summed E-state index contributed by atoms with van der Waals surface area (Å²) in [5.41, 5.74) is 0. The van der Waals surface area contributed by atoms with Crippen LogP contribution in [0, 0.1) is 0 Å². The van der Waals surface area contributed by atoms with Crippen LogP contribution in [0.2, 0.25) is 0 Å². The van der Waals surface area contributed by atoms with Crippen LogP contribution in [0.5, 0.6) is 0 Å². The van der Waals surface area contributed by atoms with E-state index in [2.05, 4.69) is 5.32 Å². The second-order valence-electron chi connectivity index (χ2n) is 4.48. The van der Waals surface area contributed by atoms with Gasteiger partial charge >= 0.3 is 0 Å². The summed E-state index contributed by atoms with van der Waals surface area (Å²) in [6, 6.07) is 0.416. The number of rotatable bonds is 3. The molecule has 15 heavy (non-hydrogen) atoms. The fraction of sp³-hybridized carbons (Fsp3) is 0.909. The maximum Gasteiger partial charge on any atom is 0.224 e. The molecular weight excluding hydrogens is 192 g/mol. The van der Waals surface area contributed by atoms with E-state index >= 15 is 0 Å². The second-order valence-corrected chi connectivity index (χ2v) is 4.48. The molecule has 2 aliphatic heterocycles. The molecule has 0 radical (unpaired) electrons. The summed E-state index contributed by atoms with van der Waals surface area (Å²) in [5.74, 6) is 0.286. The van der Waals surface area contributed by atoms with E-state index in [-0.39, 0.29) is 12.0 Å². The van der Waals surface area contributed by atoms with E-state index in [9.17, 15) is 4.79 Å². The Bertz CT molecular complexity index is 227. The third-order valence-electron chi connectivity index (χ3n) is 3.41. The van der Waals surface area contributed by atoms with Crippen LogP contribution >= 0.6 is 0 Å². The van der Waals surface area contributed by atoms with Gasteiger partial charge in [0.15, 0.2) is 0 Å². The summed E-state index contributed by atoms with van der Waals surface area (Å²) in [6.45, 7) is 2.71. The monoisotopic (exact) mass is 212 g/mol. The minimum absolute atomic E-state index is 0.255. The van der Waals surface area contributed by atoms with Gasteiger partial charge in [-0.2, -0.15) is 0 Å². The van der Waals surface area contributed by atoms with Gasteiger partial charge in [-0.3, -0.25) is 4.79 Å². The molecule has 0 spiro atoms. The van der Waals surface area contributed by atoms with E-state index in [1.54, 1.807) is 7.11 Å². The Hall–Kier alpha value is -0.610. The number of nitrogens with one attached hydrogen (secondary N) is 1. The van der Waals surface area contributed by atoms with Gasteiger partial charge in [-0.1, -0.05) is 0 Å². The quantitative estimate of drug-likeness (QED) is 0.735. The Morgan fingerprint density at radius 3 is 3.00 bits per heavy atom. The van der Waals surface area contributed by atoms with Crippen molar-refractivity contribution in [2.75, 3.05) is 26.7 Å². The molecule has 0 aromatic rings. The van der Waals surface area contributed by atoms with Crippen LogP contribution in [-0.4, -0.2) is 49.7 Å². The van der Waals surface area contributed by atoms with Crippen molar-refractivity contribution in [2.24, 2.45) is 0 Å². The molecule has 4 nitrogen and oxygen atoms in total. The fourth-order valence-electron chi connectivity index (χ4n) is 2.42. The van der Waals surface area contributed by atoms with Crippen LogP contribution in [0.15, 0.2) is 0 Å². The zero-order valence-corrected chi connectivity index (χ0v) is 9.37. The van der Waals surface area contributed by atoms with Crippen molar-refractivity contribution in [3.05, 3.63) is 0 Å². The second kappa shape index (κ2) is 4.94. The van der Waals surface area contributed by atoms with Crippen molar-refractivity contribution in [2.45, 2.75) is 37.8 Å². The number of methoxy groups -OCH3 is 1. The topological polar surface area (TPSA) is 41.6 Å². The van der Waals surface area contributed by atoms with Gasteiger partial charge in [0.25, 0.3) is 0 Å². The average molecular weight is 212 g/mol. The van der Waals surface area contributed by atoms with Gasteiger partial charge in [-0.05, 0) is 25.8 Å². The largest absolute Gasteiger partial charge is 0.380 e. The normalized spacial score (nSPS) is 31.1.